The summed E-state index contributed by atoms with van der Waals surface area (Å²) in [5, 5.41) is -0.420. The number of nitrogens with zero attached hydrogens (tertiary/aromatic N) is 1. The molecule has 0 radical (unpaired) electrons. The molecule has 1 aromatic carbocycles. The number of unbranched alkanes of at least 4 members (excludes halogenated alkanes) is 6. The van der Waals surface area contributed by atoms with Crippen molar-refractivity contribution in [2.24, 2.45) is 3.77 Å². The Balaban J connectivity index is 2.94. The molecule has 0 saturated heterocycles. The summed E-state index contributed by atoms with van der Waals surface area (Å²) in [6, 6.07) is 6.01. The van der Waals surface area contributed by atoms with Crippen molar-refractivity contribution >= 4 is 60.1 Å². The fourth-order valence-corrected chi connectivity index (χ4v) is 51.6. The average molecular weight is 918 g/mol. The maximum atomic E-state index is 15.8. The normalized spacial score (nSPS) is 17.0. The quantitative estimate of drug-likeness (QED) is 0.103. The van der Waals surface area contributed by atoms with Crippen molar-refractivity contribution in [3.8, 4) is 0 Å². The summed E-state index contributed by atoms with van der Waals surface area (Å²) in [6.45, 7) is 21.6. The van der Waals surface area contributed by atoms with Crippen LogP contribution in [0.4, 0.5) is 0 Å². The van der Waals surface area contributed by atoms with Gasteiger partial charge in [-0.1, -0.05) is 0 Å². The zero-order valence-corrected chi connectivity index (χ0v) is 40.1. The van der Waals surface area contributed by atoms with Gasteiger partial charge >= 0.3 is 310 Å². The first-order chi connectivity index (χ1) is 22.7. The summed E-state index contributed by atoms with van der Waals surface area (Å²) in [7, 11) is -7.46. The summed E-state index contributed by atoms with van der Waals surface area (Å²) in [5.41, 5.74) is 1.12. The van der Waals surface area contributed by atoms with Gasteiger partial charge in [0.2, 0.25) is 0 Å². The first kappa shape index (κ1) is 44.4. The second kappa shape index (κ2) is 20.4. The van der Waals surface area contributed by atoms with Crippen LogP contribution in [-0.2, 0) is 19.8 Å². The molecule has 0 fully saturated rings. The summed E-state index contributed by atoms with van der Waals surface area (Å²) in [6.07, 6.45) is 20.4. The van der Waals surface area contributed by atoms with Gasteiger partial charge in [-0.15, -0.1) is 0 Å². The Kier molecular flexibility index (Phi) is 18.9. The molecule has 48 heavy (non-hydrogen) atoms. The fraction of sp³-hybridized carbons (Fsp3) is 0.750. The first-order valence-electron chi connectivity index (χ1n) is 19.7. The van der Waals surface area contributed by atoms with Crippen LogP contribution in [0.5, 0.6) is 0 Å². The van der Waals surface area contributed by atoms with Crippen molar-refractivity contribution in [1.82, 2.24) is 0 Å². The molecule has 0 heterocycles. The number of sulfonamides is 1. The third kappa shape index (κ3) is 11.1. The molecule has 0 spiro atoms. The first-order valence-corrected chi connectivity index (χ1v) is 37.7. The van der Waals surface area contributed by atoms with Crippen LogP contribution in [0.25, 0.3) is 0 Å². The van der Waals surface area contributed by atoms with Crippen LogP contribution in [0.2, 0.25) is 26.6 Å². The molecule has 8 heteroatoms. The zero-order valence-electron chi connectivity index (χ0n) is 32.8. The van der Waals surface area contributed by atoms with E-state index in [1.165, 1.54) is 49.5 Å². The van der Waals surface area contributed by atoms with E-state index in [9.17, 15) is 8.42 Å². The van der Waals surface area contributed by atoms with Crippen LogP contribution in [-0.4, -0.2) is 59.4 Å². The van der Waals surface area contributed by atoms with E-state index in [0.29, 0.717) is 4.90 Å². The van der Waals surface area contributed by atoms with E-state index in [1.54, 1.807) is 0 Å². The fourth-order valence-electron chi connectivity index (χ4n) is 7.90. The Morgan fingerprint density at radius 2 is 1.08 bits per heavy atom. The van der Waals surface area contributed by atoms with E-state index in [0.717, 1.165) is 66.9 Å². The minimum atomic E-state index is -4.20. The van der Waals surface area contributed by atoms with Gasteiger partial charge in [-0.3, -0.25) is 0 Å². The number of allylic oxidation sites excluding steroid dienone is 2. The van der Waals surface area contributed by atoms with Gasteiger partial charge in [-0.25, -0.2) is 0 Å². The van der Waals surface area contributed by atoms with Crippen molar-refractivity contribution in [3.05, 3.63) is 45.6 Å². The predicted octanol–water partition coefficient (Wildman–Crippen LogP) is 12.3. The average Bonchev–Trinajstić information content (AvgIpc) is 3.55. The third-order valence-electron chi connectivity index (χ3n) is 10.9. The molecular weight excluding hydrogens is 844 g/mol. The standard InChI is InChI=1S/C16H19NO3S2.6C4H9.2Sn/c1-13-9-11-15(12-10-13)22(19,20)17-21(18,16(2,3)4)14-7-5-6-8-14;6*1-3-4-2;;/h5-7,9-11,14H,1-4H3;6*1,3-4H2,2H3;;. The van der Waals surface area contributed by atoms with Gasteiger partial charge in [-0.05, 0) is 0 Å². The van der Waals surface area contributed by atoms with E-state index in [-0.39, 0.29) is 0 Å². The second-order valence-electron chi connectivity index (χ2n) is 15.8. The summed E-state index contributed by atoms with van der Waals surface area (Å²) in [5.74, 6) is 0. The number of benzene rings is 1. The Morgan fingerprint density at radius 3 is 1.48 bits per heavy atom. The topological polar surface area (TPSA) is 63.6 Å². The monoisotopic (exact) mass is 919 g/mol. The van der Waals surface area contributed by atoms with Crippen molar-refractivity contribution in [2.75, 3.05) is 0 Å². The molecule has 0 bridgehead atoms. The zero-order chi connectivity index (χ0) is 36.1. The number of hydrogen-bond donors (Lipinski definition) is 0. The molecule has 0 aromatic heterocycles. The van der Waals surface area contributed by atoms with Crippen molar-refractivity contribution in [2.45, 2.75) is 188 Å². The van der Waals surface area contributed by atoms with Crippen LogP contribution in [0.1, 0.15) is 145 Å². The molecule has 0 saturated carbocycles. The van der Waals surface area contributed by atoms with Gasteiger partial charge in [0, 0.05) is 0 Å². The molecule has 2 rings (SSSR count). The molecular formula is C40H73NO3S2Sn2. The molecule has 1 aliphatic rings. The molecule has 1 aliphatic carbocycles. The van der Waals surface area contributed by atoms with Gasteiger partial charge in [-0.2, -0.15) is 0 Å². The predicted molar refractivity (Wildman–Crippen MR) is 219 cm³/mol. The maximum absolute atomic E-state index is 15.8. The van der Waals surface area contributed by atoms with Crippen LogP contribution >= 0.6 is 0 Å². The molecule has 0 N–H and O–H groups in total. The van der Waals surface area contributed by atoms with Crippen molar-refractivity contribution < 1.29 is 12.6 Å². The van der Waals surface area contributed by atoms with E-state index in [4.69, 9.17) is 3.77 Å². The Bertz CT molecular complexity index is 1390. The van der Waals surface area contributed by atoms with E-state index < -0.39 is 66.5 Å². The van der Waals surface area contributed by atoms with Crippen LogP contribution in [0, 0.1) is 6.92 Å². The second-order valence-corrected chi connectivity index (χ2v) is 47.1. The van der Waals surface area contributed by atoms with E-state index in [1.807, 2.05) is 32.9 Å². The van der Waals surface area contributed by atoms with Crippen LogP contribution in [0.3, 0.4) is 0 Å². The Morgan fingerprint density at radius 1 is 0.667 bits per heavy atom. The number of aryl methyl sites for hydroxylation is 1. The Labute approximate surface area is 307 Å². The molecule has 276 valence electrons. The SMILES string of the molecule is CCC[CH2][Sn]([CH2]CCC)([CH2]CCC)[C]1=CC=CC1S(=O)(=NS(=O)(=O)c1ccc(C)c[c]1[Sn]([CH2]CCC)([CH2]CCC)[CH2]CCC)C(C)(C)C. The molecule has 0 amide bonds. The molecule has 2 unspecified atom stereocenters. The number of hydrogen-bond acceptors (Lipinski definition) is 3. The summed E-state index contributed by atoms with van der Waals surface area (Å²) < 4.78 is 59.6. The number of rotatable bonds is 23. The molecule has 1 aromatic rings. The van der Waals surface area contributed by atoms with Gasteiger partial charge in [0.25, 0.3) is 0 Å². The van der Waals surface area contributed by atoms with Gasteiger partial charge in [0.1, 0.15) is 0 Å². The van der Waals surface area contributed by atoms with Crippen LogP contribution < -0.4 is 3.58 Å². The third-order valence-corrected chi connectivity index (χ3v) is 49.2. The van der Waals surface area contributed by atoms with Gasteiger partial charge < -0.3 is 0 Å². The van der Waals surface area contributed by atoms with Gasteiger partial charge in [0.05, 0.1) is 0 Å². The van der Waals surface area contributed by atoms with Gasteiger partial charge in [0.15, 0.2) is 0 Å². The Hall–Kier alpha value is 0.197. The van der Waals surface area contributed by atoms with Crippen molar-refractivity contribution in [1.29, 1.82) is 0 Å². The summed E-state index contributed by atoms with van der Waals surface area (Å²) >= 11 is -6.27. The molecule has 4 nitrogen and oxygen atoms in total. The van der Waals surface area contributed by atoms with Crippen molar-refractivity contribution in [3.63, 3.8) is 0 Å². The molecule has 2 atom stereocenters. The summed E-state index contributed by atoms with van der Waals surface area (Å²) in [4.78, 5) is 0.384. The van der Waals surface area contributed by atoms with Crippen LogP contribution in [0.15, 0.2) is 48.7 Å². The van der Waals surface area contributed by atoms with E-state index >= 15 is 4.21 Å². The van der Waals surface area contributed by atoms with E-state index in [2.05, 4.69) is 72.8 Å². The minimum absolute atomic E-state index is 0.384. The molecule has 0 aliphatic heterocycles.